The zero-order chi connectivity index (χ0) is 22.0. The summed E-state index contributed by atoms with van der Waals surface area (Å²) in [6.07, 6.45) is 2.23. The molecule has 158 valence electrons. The highest BCUT2D eigenvalue weighted by Crippen LogP contribution is 2.36. The second kappa shape index (κ2) is 8.60. The molecule has 2 aromatic carbocycles. The SMILES string of the molecule is CC(C)C(NC(=O)c1ccco1)C(=O)OCC(=O)c1ccc2c(c1)-c1ccccc1C2. The third kappa shape index (κ3) is 4.28. The van der Waals surface area contributed by atoms with Gasteiger partial charge in [-0.1, -0.05) is 50.2 Å². The minimum atomic E-state index is -0.891. The monoisotopic (exact) mass is 417 g/mol. The molecule has 3 aromatic rings. The van der Waals surface area contributed by atoms with E-state index in [1.54, 1.807) is 26.0 Å². The molecule has 1 atom stereocenters. The molecule has 1 amide bonds. The molecule has 0 bridgehead atoms. The van der Waals surface area contributed by atoms with Crippen molar-refractivity contribution in [1.82, 2.24) is 5.32 Å². The van der Waals surface area contributed by atoms with E-state index in [0.717, 1.165) is 17.5 Å². The Morgan fingerprint density at radius 1 is 1.00 bits per heavy atom. The van der Waals surface area contributed by atoms with Crippen molar-refractivity contribution in [1.29, 1.82) is 0 Å². The van der Waals surface area contributed by atoms with Gasteiger partial charge in [-0.25, -0.2) is 4.79 Å². The molecule has 0 aliphatic heterocycles. The van der Waals surface area contributed by atoms with E-state index >= 15 is 0 Å². The highest BCUT2D eigenvalue weighted by atomic mass is 16.5. The van der Waals surface area contributed by atoms with Gasteiger partial charge in [0.05, 0.1) is 6.26 Å². The molecule has 1 aromatic heterocycles. The molecule has 0 spiro atoms. The van der Waals surface area contributed by atoms with Crippen LogP contribution in [0.4, 0.5) is 0 Å². The van der Waals surface area contributed by atoms with Gasteiger partial charge in [0, 0.05) is 5.56 Å². The van der Waals surface area contributed by atoms with Crippen molar-refractivity contribution in [3.05, 3.63) is 83.3 Å². The number of hydrogen-bond donors (Lipinski definition) is 1. The summed E-state index contributed by atoms with van der Waals surface area (Å²) >= 11 is 0. The first-order valence-electron chi connectivity index (χ1n) is 10.2. The zero-order valence-corrected chi connectivity index (χ0v) is 17.4. The van der Waals surface area contributed by atoms with Gasteiger partial charge in [0.15, 0.2) is 18.2 Å². The summed E-state index contributed by atoms with van der Waals surface area (Å²) in [5.74, 6) is -1.58. The molecule has 4 rings (SSSR count). The molecule has 0 saturated heterocycles. The molecule has 31 heavy (non-hydrogen) atoms. The summed E-state index contributed by atoms with van der Waals surface area (Å²) in [6, 6.07) is 15.9. The minimum absolute atomic E-state index is 0.105. The summed E-state index contributed by atoms with van der Waals surface area (Å²) in [5.41, 5.74) is 5.07. The lowest BCUT2D eigenvalue weighted by atomic mass is 10.0. The third-order valence-corrected chi connectivity index (χ3v) is 5.42. The average Bonchev–Trinajstić information content (AvgIpc) is 3.42. The van der Waals surface area contributed by atoms with Gasteiger partial charge in [0.25, 0.3) is 5.91 Å². The summed E-state index contributed by atoms with van der Waals surface area (Å²) in [7, 11) is 0. The van der Waals surface area contributed by atoms with Gasteiger partial charge in [-0.05, 0) is 52.8 Å². The summed E-state index contributed by atoms with van der Waals surface area (Å²) < 4.78 is 10.3. The van der Waals surface area contributed by atoms with Crippen molar-refractivity contribution in [2.45, 2.75) is 26.3 Å². The molecule has 0 fully saturated rings. The van der Waals surface area contributed by atoms with Crippen LogP contribution in [0.15, 0.2) is 65.3 Å². The molecular weight excluding hydrogens is 394 g/mol. The van der Waals surface area contributed by atoms with Crippen LogP contribution in [-0.2, 0) is 16.0 Å². The number of benzene rings is 2. The van der Waals surface area contributed by atoms with E-state index < -0.39 is 17.9 Å². The topological polar surface area (TPSA) is 85.6 Å². The van der Waals surface area contributed by atoms with Gasteiger partial charge in [0.2, 0.25) is 0 Å². The van der Waals surface area contributed by atoms with E-state index in [4.69, 9.17) is 9.15 Å². The third-order valence-electron chi connectivity index (χ3n) is 5.42. The predicted octanol–water partition coefficient (Wildman–Crippen LogP) is 4.03. The predicted molar refractivity (Wildman–Crippen MR) is 115 cm³/mol. The first-order chi connectivity index (χ1) is 14.9. The Kier molecular flexibility index (Phi) is 5.71. The van der Waals surface area contributed by atoms with Crippen LogP contribution in [0.2, 0.25) is 0 Å². The van der Waals surface area contributed by atoms with E-state index in [2.05, 4.69) is 11.4 Å². The number of ether oxygens (including phenoxy) is 1. The molecular formula is C25H23NO5. The number of carbonyl (C=O) groups is 3. The van der Waals surface area contributed by atoms with Gasteiger partial charge >= 0.3 is 5.97 Å². The summed E-state index contributed by atoms with van der Waals surface area (Å²) in [5, 5.41) is 2.61. The molecule has 1 N–H and O–H groups in total. The van der Waals surface area contributed by atoms with Crippen molar-refractivity contribution >= 4 is 17.7 Å². The second-order valence-electron chi connectivity index (χ2n) is 7.91. The fourth-order valence-electron chi connectivity index (χ4n) is 3.72. The molecule has 1 heterocycles. The number of esters is 1. The molecule has 1 unspecified atom stereocenters. The van der Waals surface area contributed by atoms with Gasteiger partial charge < -0.3 is 14.5 Å². The number of carbonyl (C=O) groups excluding carboxylic acids is 3. The number of rotatable bonds is 7. The fourth-order valence-corrected chi connectivity index (χ4v) is 3.72. The standard InChI is InChI=1S/C25H23NO5/c1-15(2)23(26-24(28)22-8-5-11-30-22)25(29)31-14-21(27)18-10-9-17-12-16-6-3-4-7-19(16)20(17)13-18/h3-11,13,15,23H,12,14H2,1-2H3,(H,26,28). The van der Waals surface area contributed by atoms with E-state index in [-0.39, 0.29) is 24.1 Å². The molecule has 0 saturated carbocycles. The minimum Gasteiger partial charge on any atom is -0.459 e. The van der Waals surface area contributed by atoms with E-state index in [1.807, 2.05) is 30.3 Å². The number of hydrogen-bond acceptors (Lipinski definition) is 5. The van der Waals surface area contributed by atoms with Crippen LogP contribution in [0, 0.1) is 5.92 Å². The average molecular weight is 417 g/mol. The maximum Gasteiger partial charge on any atom is 0.329 e. The van der Waals surface area contributed by atoms with Crippen molar-refractivity contribution in [3.63, 3.8) is 0 Å². The van der Waals surface area contributed by atoms with Crippen LogP contribution in [0.1, 0.15) is 45.9 Å². The number of furan rings is 1. The quantitative estimate of drug-likeness (QED) is 0.362. The van der Waals surface area contributed by atoms with Crippen molar-refractivity contribution < 1.29 is 23.5 Å². The molecule has 1 aliphatic rings. The molecule has 0 radical (unpaired) electrons. The highest BCUT2D eigenvalue weighted by Gasteiger charge is 2.28. The van der Waals surface area contributed by atoms with E-state index in [0.29, 0.717) is 5.56 Å². The van der Waals surface area contributed by atoms with Crippen LogP contribution in [0.25, 0.3) is 11.1 Å². The molecule has 6 heteroatoms. The Bertz CT molecular complexity index is 1130. The summed E-state index contributed by atoms with van der Waals surface area (Å²) in [6.45, 7) is 3.18. The lowest BCUT2D eigenvalue weighted by Crippen LogP contribution is -2.45. The Labute approximate surface area is 180 Å². The maximum atomic E-state index is 12.7. The Morgan fingerprint density at radius 3 is 2.52 bits per heavy atom. The molecule has 1 aliphatic carbocycles. The van der Waals surface area contributed by atoms with Gasteiger partial charge in [-0.2, -0.15) is 0 Å². The van der Waals surface area contributed by atoms with Crippen LogP contribution < -0.4 is 5.32 Å². The van der Waals surface area contributed by atoms with Crippen LogP contribution in [0.3, 0.4) is 0 Å². The first kappa shape index (κ1) is 20.6. The van der Waals surface area contributed by atoms with Gasteiger partial charge in [0.1, 0.15) is 6.04 Å². The number of fused-ring (bicyclic) bond motifs is 3. The largest absolute Gasteiger partial charge is 0.459 e. The first-order valence-corrected chi connectivity index (χ1v) is 10.2. The number of nitrogens with one attached hydrogen (secondary N) is 1. The fraction of sp³-hybridized carbons (Fsp3) is 0.240. The lowest BCUT2D eigenvalue weighted by molar-refractivity contribution is -0.145. The van der Waals surface area contributed by atoms with Gasteiger partial charge in [-0.3, -0.25) is 9.59 Å². The van der Waals surface area contributed by atoms with Crippen molar-refractivity contribution in [2.75, 3.05) is 6.61 Å². The Morgan fingerprint density at radius 2 is 1.77 bits per heavy atom. The number of ketones is 1. The maximum absolute atomic E-state index is 12.7. The Hall–Kier alpha value is -3.67. The molecule has 6 nitrogen and oxygen atoms in total. The van der Waals surface area contributed by atoms with Crippen molar-refractivity contribution in [2.24, 2.45) is 5.92 Å². The summed E-state index contributed by atoms with van der Waals surface area (Å²) in [4.78, 5) is 37.5. The number of Topliss-reactive ketones (excluding diaryl/α,β-unsaturated/α-hetero) is 1. The lowest BCUT2D eigenvalue weighted by Gasteiger charge is -2.20. The van der Waals surface area contributed by atoms with Crippen LogP contribution in [0.5, 0.6) is 0 Å². The van der Waals surface area contributed by atoms with Crippen LogP contribution >= 0.6 is 0 Å². The number of amides is 1. The Balaban J connectivity index is 1.41. The normalized spacial score (nSPS) is 12.7. The van der Waals surface area contributed by atoms with E-state index in [1.165, 1.54) is 23.5 Å². The van der Waals surface area contributed by atoms with Crippen LogP contribution in [-0.4, -0.2) is 30.3 Å². The van der Waals surface area contributed by atoms with Gasteiger partial charge in [-0.15, -0.1) is 0 Å². The van der Waals surface area contributed by atoms with Crippen molar-refractivity contribution in [3.8, 4) is 11.1 Å². The zero-order valence-electron chi connectivity index (χ0n) is 17.4. The highest BCUT2D eigenvalue weighted by molar-refractivity contribution is 6.00. The van der Waals surface area contributed by atoms with E-state index in [9.17, 15) is 14.4 Å². The smallest absolute Gasteiger partial charge is 0.329 e. The second-order valence-corrected chi connectivity index (χ2v) is 7.91.